The van der Waals surface area contributed by atoms with Crippen LogP contribution in [0.25, 0.3) is 0 Å². The maximum absolute atomic E-state index is 12.9. The molecule has 1 aromatic rings. The fraction of sp³-hybridized carbons (Fsp3) is 0.579. The first-order valence-electron chi connectivity index (χ1n) is 8.91. The SMILES string of the molecule is CC(C)NC(=O)Nc1cccc(C(=O)N(C)[C@H]2CCN(C)C[C@H]2C)c1. The van der Waals surface area contributed by atoms with E-state index in [1.165, 1.54) is 0 Å². The van der Waals surface area contributed by atoms with Crippen LogP contribution in [0.15, 0.2) is 24.3 Å². The van der Waals surface area contributed by atoms with Crippen LogP contribution in [0, 0.1) is 5.92 Å². The number of carbonyl (C=O) groups is 2. The first-order valence-corrected chi connectivity index (χ1v) is 8.91. The zero-order valence-corrected chi connectivity index (χ0v) is 15.9. The smallest absolute Gasteiger partial charge is 0.319 e. The third-order valence-corrected chi connectivity index (χ3v) is 4.67. The lowest BCUT2D eigenvalue weighted by Crippen LogP contribution is -2.49. The van der Waals surface area contributed by atoms with E-state index in [0.717, 1.165) is 19.5 Å². The number of piperidine rings is 1. The van der Waals surface area contributed by atoms with E-state index in [9.17, 15) is 9.59 Å². The van der Waals surface area contributed by atoms with E-state index in [1.54, 1.807) is 24.3 Å². The molecule has 0 aliphatic carbocycles. The van der Waals surface area contributed by atoms with Crippen LogP contribution in [0.1, 0.15) is 37.6 Å². The van der Waals surface area contributed by atoms with Gasteiger partial charge >= 0.3 is 6.03 Å². The molecule has 0 aromatic heterocycles. The minimum atomic E-state index is -0.267. The van der Waals surface area contributed by atoms with Crippen LogP contribution in [0.4, 0.5) is 10.5 Å². The number of hydrogen-bond donors (Lipinski definition) is 2. The molecule has 138 valence electrons. The lowest BCUT2D eigenvalue weighted by Gasteiger charge is -2.40. The Kier molecular flexibility index (Phi) is 6.42. The van der Waals surface area contributed by atoms with Crippen molar-refractivity contribution in [1.29, 1.82) is 0 Å². The van der Waals surface area contributed by atoms with Gasteiger partial charge in [0.25, 0.3) is 5.91 Å². The number of anilines is 1. The van der Waals surface area contributed by atoms with Crippen molar-refractivity contribution in [3.63, 3.8) is 0 Å². The predicted molar refractivity (Wildman–Crippen MR) is 101 cm³/mol. The van der Waals surface area contributed by atoms with E-state index in [2.05, 4.69) is 29.5 Å². The summed E-state index contributed by atoms with van der Waals surface area (Å²) < 4.78 is 0. The normalized spacial score (nSPS) is 21.0. The van der Waals surface area contributed by atoms with E-state index in [0.29, 0.717) is 17.2 Å². The van der Waals surface area contributed by atoms with Crippen LogP contribution in [0.2, 0.25) is 0 Å². The quantitative estimate of drug-likeness (QED) is 0.881. The zero-order chi connectivity index (χ0) is 18.6. The number of hydrogen-bond acceptors (Lipinski definition) is 3. The van der Waals surface area contributed by atoms with Crippen molar-refractivity contribution in [3.05, 3.63) is 29.8 Å². The molecule has 0 spiro atoms. The maximum Gasteiger partial charge on any atom is 0.319 e. The van der Waals surface area contributed by atoms with Crippen molar-refractivity contribution in [1.82, 2.24) is 15.1 Å². The molecule has 1 aliphatic heterocycles. The third kappa shape index (κ3) is 5.19. The number of urea groups is 1. The van der Waals surface area contributed by atoms with E-state index < -0.39 is 0 Å². The molecule has 1 saturated heterocycles. The Bertz CT molecular complexity index is 617. The van der Waals surface area contributed by atoms with E-state index in [4.69, 9.17) is 0 Å². The van der Waals surface area contributed by atoms with Gasteiger partial charge in [0.15, 0.2) is 0 Å². The molecular weight excluding hydrogens is 316 g/mol. The summed E-state index contributed by atoms with van der Waals surface area (Å²) in [5.74, 6) is 0.431. The second-order valence-electron chi connectivity index (χ2n) is 7.35. The van der Waals surface area contributed by atoms with Crippen molar-refractivity contribution in [2.45, 2.75) is 39.3 Å². The minimum Gasteiger partial charge on any atom is -0.338 e. The largest absolute Gasteiger partial charge is 0.338 e. The Hall–Kier alpha value is -2.08. The number of nitrogens with zero attached hydrogens (tertiary/aromatic N) is 2. The molecule has 2 rings (SSSR count). The lowest BCUT2D eigenvalue weighted by atomic mass is 9.92. The molecule has 1 aromatic carbocycles. The molecule has 3 amide bonds. The number of rotatable bonds is 4. The number of likely N-dealkylation sites (tertiary alicyclic amines) is 1. The average molecular weight is 346 g/mol. The second kappa shape index (κ2) is 8.34. The van der Waals surface area contributed by atoms with Crippen LogP contribution >= 0.6 is 0 Å². The Labute approximate surface area is 150 Å². The number of carbonyl (C=O) groups excluding carboxylic acids is 2. The van der Waals surface area contributed by atoms with Gasteiger partial charge in [0.1, 0.15) is 0 Å². The van der Waals surface area contributed by atoms with E-state index in [-0.39, 0.29) is 24.0 Å². The highest BCUT2D eigenvalue weighted by atomic mass is 16.2. The first kappa shape index (κ1) is 19.2. The topological polar surface area (TPSA) is 64.7 Å². The number of nitrogens with one attached hydrogen (secondary N) is 2. The molecule has 1 fully saturated rings. The first-order chi connectivity index (χ1) is 11.8. The summed E-state index contributed by atoms with van der Waals surface area (Å²) in [5.41, 5.74) is 1.21. The maximum atomic E-state index is 12.9. The Morgan fingerprint density at radius 3 is 2.68 bits per heavy atom. The van der Waals surface area contributed by atoms with Crippen LogP contribution < -0.4 is 10.6 Å². The average Bonchev–Trinajstić information content (AvgIpc) is 2.53. The predicted octanol–water partition coefficient (Wildman–Crippen LogP) is 2.63. The summed E-state index contributed by atoms with van der Waals surface area (Å²) in [6.45, 7) is 8.00. The van der Waals surface area contributed by atoms with E-state index >= 15 is 0 Å². The molecule has 25 heavy (non-hydrogen) atoms. The van der Waals surface area contributed by atoms with Crippen molar-refractivity contribution in [2.75, 3.05) is 32.5 Å². The Morgan fingerprint density at radius 1 is 1.32 bits per heavy atom. The number of benzene rings is 1. The molecule has 0 unspecified atom stereocenters. The standard InChI is InChI=1S/C19H30N4O2/c1-13(2)20-19(25)21-16-8-6-7-15(11-16)18(24)23(5)17-9-10-22(4)12-14(17)3/h6-8,11,13-14,17H,9-10,12H2,1-5H3,(H2,20,21,25)/t14-,17+/m1/s1. The second-order valence-corrected chi connectivity index (χ2v) is 7.35. The highest BCUT2D eigenvalue weighted by Crippen LogP contribution is 2.22. The van der Waals surface area contributed by atoms with Crippen molar-refractivity contribution in [2.24, 2.45) is 5.92 Å². The summed E-state index contributed by atoms with van der Waals surface area (Å²) in [6.07, 6.45) is 0.981. The molecule has 6 nitrogen and oxygen atoms in total. The van der Waals surface area contributed by atoms with Crippen molar-refractivity contribution < 1.29 is 9.59 Å². The van der Waals surface area contributed by atoms with Gasteiger partial charge in [-0.25, -0.2) is 4.79 Å². The lowest BCUT2D eigenvalue weighted by molar-refractivity contribution is 0.0549. The monoisotopic (exact) mass is 346 g/mol. The van der Waals surface area contributed by atoms with E-state index in [1.807, 2.05) is 25.8 Å². The molecule has 6 heteroatoms. The van der Waals surface area contributed by atoms with Gasteiger partial charge in [-0.05, 0) is 58.0 Å². The summed E-state index contributed by atoms with van der Waals surface area (Å²) in [6, 6.07) is 7.14. The zero-order valence-electron chi connectivity index (χ0n) is 15.9. The van der Waals surface area contributed by atoms with Crippen molar-refractivity contribution in [3.8, 4) is 0 Å². The molecule has 0 saturated carbocycles. The van der Waals surface area contributed by atoms with Gasteiger partial charge in [-0.2, -0.15) is 0 Å². The summed E-state index contributed by atoms with van der Waals surface area (Å²) >= 11 is 0. The molecule has 2 atom stereocenters. The Balaban J connectivity index is 2.06. The van der Waals surface area contributed by atoms with Gasteiger partial charge in [-0.15, -0.1) is 0 Å². The third-order valence-electron chi connectivity index (χ3n) is 4.67. The van der Waals surface area contributed by atoms with Crippen molar-refractivity contribution >= 4 is 17.6 Å². The van der Waals surface area contributed by atoms with Crippen LogP contribution in [-0.2, 0) is 0 Å². The fourth-order valence-electron chi connectivity index (χ4n) is 3.43. The van der Waals surface area contributed by atoms with Crippen LogP contribution in [-0.4, -0.2) is 61.0 Å². The van der Waals surface area contributed by atoms with Gasteiger partial charge in [-0.3, -0.25) is 4.79 Å². The molecule has 0 bridgehead atoms. The Morgan fingerprint density at radius 2 is 2.04 bits per heavy atom. The van der Waals surface area contributed by atoms with Gasteiger partial charge < -0.3 is 20.4 Å². The molecule has 0 radical (unpaired) electrons. The molecule has 1 heterocycles. The molecular formula is C19H30N4O2. The summed E-state index contributed by atoms with van der Waals surface area (Å²) in [7, 11) is 3.99. The highest BCUT2D eigenvalue weighted by Gasteiger charge is 2.30. The van der Waals surface area contributed by atoms with Crippen LogP contribution in [0.3, 0.4) is 0 Å². The highest BCUT2D eigenvalue weighted by molar-refractivity contribution is 5.97. The molecule has 1 aliphatic rings. The summed E-state index contributed by atoms with van der Waals surface area (Å²) in [4.78, 5) is 28.9. The number of amides is 3. The van der Waals surface area contributed by atoms with Gasteiger partial charge in [0.2, 0.25) is 0 Å². The van der Waals surface area contributed by atoms with Gasteiger partial charge in [-0.1, -0.05) is 13.0 Å². The van der Waals surface area contributed by atoms with Gasteiger partial charge in [0.05, 0.1) is 0 Å². The minimum absolute atomic E-state index is 0.00526. The molecule has 2 N–H and O–H groups in total. The van der Waals surface area contributed by atoms with Gasteiger partial charge in [0, 0.05) is 36.9 Å². The summed E-state index contributed by atoms with van der Waals surface area (Å²) in [5, 5.41) is 5.55. The van der Waals surface area contributed by atoms with Crippen LogP contribution in [0.5, 0.6) is 0 Å². The fourth-order valence-corrected chi connectivity index (χ4v) is 3.43.